The van der Waals surface area contributed by atoms with Crippen molar-refractivity contribution in [2.45, 2.75) is 168 Å². The van der Waals surface area contributed by atoms with Gasteiger partial charge in [-0.3, -0.25) is 4.79 Å². The zero-order chi connectivity index (χ0) is 61.2. The van der Waals surface area contributed by atoms with Crippen LogP contribution in [-0.4, -0.2) is 249 Å². The third-order valence-electron chi connectivity index (χ3n) is 14.2. The minimum atomic E-state index is -2.44. The van der Waals surface area contributed by atoms with Crippen LogP contribution in [0.3, 0.4) is 0 Å². The molecule has 0 bridgehead atoms. The average Bonchev–Trinajstić information content (AvgIpc) is 3.40. The van der Waals surface area contributed by atoms with E-state index in [0.717, 1.165) is 6.08 Å². The molecule has 0 spiro atoms. The van der Waals surface area contributed by atoms with E-state index >= 15 is 0 Å². The second-order valence-electron chi connectivity index (χ2n) is 20.9. The molecular formula is C55H72O29. The van der Waals surface area contributed by atoms with Crippen molar-refractivity contribution in [1.29, 1.82) is 0 Å². The molecule has 21 atom stereocenters. The predicted molar refractivity (Wildman–Crippen MR) is 277 cm³/mol. The number of ether oxygens (including phenoxy) is 11. The van der Waals surface area contributed by atoms with E-state index in [-0.39, 0.29) is 23.7 Å². The van der Waals surface area contributed by atoms with Gasteiger partial charge in [-0.15, -0.1) is 0 Å². The molecule has 7 rings (SSSR count). The molecule has 0 saturated carbocycles. The van der Waals surface area contributed by atoms with Crippen LogP contribution in [0, 0.1) is 5.92 Å². The summed E-state index contributed by atoms with van der Waals surface area (Å²) in [6, 6.07) is 17.1. The Bertz CT molecular complexity index is 2580. The zero-order valence-corrected chi connectivity index (χ0v) is 45.3. The van der Waals surface area contributed by atoms with Gasteiger partial charge in [0.05, 0.1) is 32.8 Å². The summed E-state index contributed by atoms with van der Waals surface area (Å²) in [4.78, 5) is 42.4. The fourth-order valence-corrected chi connectivity index (χ4v) is 9.47. The molecule has 4 fully saturated rings. The van der Waals surface area contributed by atoms with Gasteiger partial charge in [0.25, 0.3) is 0 Å². The Labute approximate surface area is 479 Å². The Morgan fingerprint density at radius 3 is 1.25 bits per heavy atom. The molecule has 29 heteroatoms. The lowest BCUT2D eigenvalue weighted by atomic mass is 9.88. The topological polar surface area (TPSA) is 456 Å². The first kappa shape index (κ1) is 65.9. The van der Waals surface area contributed by atoms with Crippen molar-refractivity contribution in [3.05, 3.63) is 95.6 Å². The molecule has 0 radical (unpaired) electrons. The number of benzene rings is 3. The first-order chi connectivity index (χ1) is 40.0. The molecular weight excluding hydrogens is 1120 g/mol. The Morgan fingerprint density at radius 1 is 0.488 bits per heavy atom. The van der Waals surface area contributed by atoms with E-state index in [0.29, 0.717) is 16.7 Å². The van der Waals surface area contributed by atoms with E-state index in [1.807, 2.05) is 0 Å². The predicted octanol–water partition coefficient (Wildman–Crippen LogP) is -4.73. The normalized spacial score (nSPS) is 34.3. The molecule has 0 aliphatic carbocycles. The molecule has 3 aromatic carbocycles. The Hall–Kier alpha value is -5.59. The Balaban J connectivity index is 1.09. The van der Waals surface area contributed by atoms with E-state index in [2.05, 4.69) is 0 Å². The lowest BCUT2D eigenvalue weighted by Gasteiger charge is -2.44. The van der Waals surface area contributed by atoms with Crippen LogP contribution >= 0.6 is 0 Å². The van der Waals surface area contributed by atoms with Crippen LogP contribution in [0.2, 0.25) is 0 Å². The molecule has 466 valence electrons. The highest BCUT2D eigenvalue weighted by Crippen LogP contribution is 2.36. The summed E-state index contributed by atoms with van der Waals surface area (Å²) in [5, 5.41) is 154. The van der Waals surface area contributed by atoms with Crippen molar-refractivity contribution in [2.24, 2.45) is 5.92 Å². The van der Waals surface area contributed by atoms with Gasteiger partial charge < -0.3 is 129 Å². The van der Waals surface area contributed by atoms with Crippen molar-refractivity contribution < 1.29 is 143 Å². The van der Waals surface area contributed by atoms with Crippen LogP contribution in [0.15, 0.2) is 78.9 Å². The highest BCUT2D eigenvalue weighted by atomic mass is 16.7. The second kappa shape index (κ2) is 29.7. The van der Waals surface area contributed by atoms with Crippen molar-refractivity contribution in [3.8, 4) is 17.2 Å². The largest absolute Gasteiger partial charge is 0.462 e. The molecule has 84 heavy (non-hydrogen) atoms. The number of aliphatic hydroxyl groups is 15. The quantitative estimate of drug-likeness (QED) is 0.0228. The standard InChI is InChI=1S/C55H72O29/c1-25(2)17-55(54(73)75-24-28-7-14-31(15-8-28)78-52-48(72)44(68)40(64)34(21-58)81-52,18-37(61)74-23-27-5-12-30(13-6-27)77-51-47(71)43(67)39(63)33(20-57)80-51)84-53-49(45(69)41(65)35(22-59)82-53)83-36(60)16-9-26-3-10-29(11-4-26)76-50-46(70)42(66)38(62)32(19-56)79-50/h3-16,25,32-35,38-53,56-59,62-72H,17-24H2,1-2H3/b16-9+/t32-,33-,34-,35-,38-,39-,40-,41-,42+,43+,44+,45+,46-,47-,48-,49-,50-,51-,52-,53+,55-/m1/s1. The van der Waals surface area contributed by atoms with Gasteiger partial charge in [0.1, 0.15) is 122 Å². The van der Waals surface area contributed by atoms with Gasteiger partial charge in [-0.1, -0.05) is 50.2 Å². The molecule has 4 aliphatic heterocycles. The maximum atomic E-state index is 14.8. The third-order valence-corrected chi connectivity index (χ3v) is 14.2. The summed E-state index contributed by atoms with van der Waals surface area (Å²) < 4.78 is 62.4. The molecule has 3 aromatic rings. The van der Waals surface area contributed by atoms with Crippen molar-refractivity contribution in [2.75, 3.05) is 26.4 Å². The molecule has 29 nitrogen and oxygen atoms in total. The number of esters is 3. The van der Waals surface area contributed by atoms with E-state index < -0.39 is 198 Å². The van der Waals surface area contributed by atoms with E-state index in [1.54, 1.807) is 13.8 Å². The van der Waals surface area contributed by atoms with E-state index in [9.17, 15) is 91.0 Å². The van der Waals surface area contributed by atoms with Crippen LogP contribution in [0.5, 0.6) is 17.2 Å². The van der Waals surface area contributed by atoms with Gasteiger partial charge in [-0.2, -0.15) is 0 Å². The molecule has 4 aliphatic rings. The lowest BCUT2D eigenvalue weighted by molar-refractivity contribution is -0.328. The average molecular weight is 1200 g/mol. The monoisotopic (exact) mass is 1200 g/mol. The molecule has 4 heterocycles. The minimum Gasteiger partial charge on any atom is -0.462 e. The number of hydrogen-bond acceptors (Lipinski definition) is 29. The maximum Gasteiger partial charge on any atom is 0.339 e. The first-order valence-electron chi connectivity index (χ1n) is 26.7. The number of hydrogen-bond donors (Lipinski definition) is 15. The van der Waals surface area contributed by atoms with Gasteiger partial charge in [-0.05, 0) is 71.5 Å². The van der Waals surface area contributed by atoms with Gasteiger partial charge in [0.15, 0.2) is 18.0 Å². The van der Waals surface area contributed by atoms with Gasteiger partial charge >= 0.3 is 17.9 Å². The van der Waals surface area contributed by atoms with Gasteiger partial charge in [0, 0.05) is 6.08 Å². The summed E-state index contributed by atoms with van der Waals surface area (Å²) >= 11 is 0. The first-order valence-corrected chi connectivity index (χ1v) is 26.7. The van der Waals surface area contributed by atoms with E-state index in [1.165, 1.54) is 78.9 Å². The van der Waals surface area contributed by atoms with Gasteiger partial charge in [0.2, 0.25) is 18.9 Å². The summed E-state index contributed by atoms with van der Waals surface area (Å²) in [6.45, 7) is -0.619. The number of rotatable bonds is 24. The summed E-state index contributed by atoms with van der Waals surface area (Å²) in [5.74, 6) is -3.68. The Kier molecular flexibility index (Phi) is 23.3. The van der Waals surface area contributed by atoms with Crippen LogP contribution in [0.1, 0.15) is 43.4 Å². The van der Waals surface area contributed by atoms with Crippen LogP contribution in [0.25, 0.3) is 6.08 Å². The van der Waals surface area contributed by atoms with Crippen LogP contribution in [-0.2, 0) is 65.5 Å². The van der Waals surface area contributed by atoms with Crippen LogP contribution in [0.4, 0.5) is 0 Å². The smallest absolute Gasteiger partial charge is 0.339 e. The fourth-order valence-electron chi connectivity index (χ4n) is 9.47. The zero-order valence-electron chi connectivity index (χ0n) is 45.3. The molecule has 0 amide bonds. The number of aliphatic hydroxyl groups excluding tert-OH is 15. The number of carbonyl (C=O) groups excluding carboxylic acids is 3. The van der Waals surface area contributed by atoms with Crippen molar-refractivity contribution in [1.82, 2.24) is 0 Å². The SMILES string of the molecule is CC(C)C[C@](CC(=O)OCc1ccc(O[C@@H]2O[C@H](CO)[C@@H](O)[C@H](O)[C@H]2O)cc1)(O[C@@H]1O[C@H](CO)[C@@H](O)[C@H](O)[C@H]1OC(=O)/C=C/c1ccc(O[C@@H]2O[C@H](CO)[C@@H](O)[C@H](O)[C@H]2O)cc1)C(=O)OCc1ccc(O[C@@H]2O[C@H](CO)[C@@H](O)[C@H](O)[C@H]2O)cc1. The maximum absolute atomic E-state index is 14.8. The van der Waals surface area contributed by atoms with Crippen molar-refractivity contribution >= 4 is 24.0 Å². The minimum absolute atomic E-state index is 0.0762. The van der Waals surface area contributed by atoms with Crippen LogP contribution < -0.4 is 14.2 Å². The molecule has 0 aromatic heterocycles. The lowest BCUT2D eigenvalue weighted by Crippen LogP contribution is -2.63. The van der Waals surface area contributed by atoms with Crippen molar-refractivity contribution in [3.63, 3.8) is 0 Å². The molecule has 0 unspecified atom stereocenters. The molecule has 15 N–H and O–H groups in total. The highest BCUT2D eigenvalue weighted by molar-refractivity contribution is 5.87. The third kappa shape index (κ3) is 16.1. The summed E-state index contributed by atoms with van der Waals surface area (Å²) in [5.41, 5.74) is -1.41. The van der Waals surface area contributed by atoms with E-state index in [4.69, 9.17) is 52.1 Å². The Morgan fingerprint density at radius 2 is 0.857 bits per heavy atom. The summed E-state index contributed by atoms with van der Waals surface area (Å²) in [6.07, 6.45) is -32.0. The fraction of sp³-hybridized carbons (Fsp3) is 0.582. The second-order valence-corrected chi connectivity index (χ2v) is 20.9. The number of carbonyl (C=O) groups is 3. The highest BCUT2D eigenvalue weighted by Gasteiger charge is 2.54. The van der Waals surface area contributed by atoms with Gasteiger partial charge in [-0.25, -0.2) is 9.59 Å². The summed E-state index contributed by atoms with van der Waals surface area (Å²) in [7, 11) is 0. The molecule has 4 saturated heterocycles.